The van der Waals surface area contributed by atoms with Crippen LogP contribution >= 0.6 is 0 Å². The predicted octanol–water partition coefficient (Wildman–Crippen LogP) is 4.64. The predicted molar refractivity (Wildman–Crippen MR) is 92.9 cm³/mol. The van der Waals surface area contributed by atoms with Crippen molar-refractivity contribution >= 4 is 0 Å². The average molecular weight is 321 g/mol. The number of benzene rings is 2. The van der Waals surface area contributed by atoms with E-state index in [1.807, 2.05) is 73.7 Å². The Hall–Kier alpha value is -3.01. The molecule has 4 nitrogen and oxygen atoms in total. The van der Waals surface area contributed by atoms with Crippen molar-refractivity contribution < 1.29 is 14.2 Å². The standard InChI is InChI=1S/C20H19NO3/c1-16-7-8-20(15-21-16)23-14-13-22-17-9-11-19(12-10-17)24-18-5-3-2-4-6-18/h2-12,15H,13-14H2,1H3. The van der Waals surface area contributed by atoms with Gasteiger partial charge in [0.15, 0.2) is 0 Å². The fraction of sp³-hybridized carbons (Fsp3) is 0.150. The number of ether oxygens (including phenoxy) is 3. The van der Waals surface area contributed by atoms with Crippen LogP contribution in [0.15, 0.2) is 72.9 Å². The molecule has 0 N–H and O–H groups in total. The van der Waals surface area contributed by atoms with E-state index >= 15 is 0 Å². The number of pyridine rings is 1. The van der Waals surface area contributed by atoms with Crippen molar-refractivity contribution in [3.05, 3.63) is 78.6 Å². The number of hydrogen-bond donors (Lipinski definition) is 0. The van der Waals surface area contributed by atoms with Gasteiger partial charge < -0.3 is 14.2 Å². The van der Waals surface area contributed by atoms with Crippen molar-refractivity contribution in [1.29, 1.82) is 0 Å². The normalized spacial score (nSPS) is 10.2. The lowest BCUT2D eigenvalue weighted by Gasteiger charge is -2.09. The Morgan fingerprint density at radius 2 is 1.25 bits per heavy atom. The molecule has 3 rings (SSSR count). The Balaban J connectivity index is 1.43. The van der Waals surface area contributed by atoms with Gasteiger partial charge in [-0.2, -0.15) is 0 Å². The molecule has 24 heavy (non-hydrogen) atoms. The second-order valence-corrected chi connectivity index (χ2v) is 5.22. The van der Waals surface area contributed by atoms with Crippen molar-refractivity contribution in [3.8, 4) is 23.0 Å². The summed E-state index contributed by atoms with van der Waals surface area (Å²) in [7, 11) is 0. The van der Waals surface area contributed by atoms with Crippen LogP contribution in [-0.2, 0) is 0 Å². The molecule has 0 bridgehead atoms. The lowest BCUT2D eigenvalue weighted by atomic mass is 10.3. The molecular formula is C20H19NO3. The average Bonchev–Trinajstić information content (AvgIpc) is 2.62. The first-order valence-corrected chi connectivity index (χ1v) is 7.81. The van der Waals surface area contributed by atoms with Crippen molar-refractivity contribution in [2.75, 3.05) is 13.2 Å². The Bertz CT molecular complexity index is 740. The van der Waals surface area contributed by atoms with Gasteiger partial charge in [-0.25, -0.2) is 0 Å². The summed E-state index contributed by atoms with van der Waals surface area (Å²) in [6, 6.07) is 21.0. The van der Waals surface area contributed by atoms with E-state index in [0.29, 0.717) is 13.2 Å². The molecule has 0 spiro atoms. The minimum Gasteiger partial charge on any atom is -0.490 e. The lowest BCUT2D eigenvalue weighted by molar-refractivity contribution is 0.216. The molecule has 0 aliphatic rings. The van der Waals surface area contributed by atoms with Crippen LogP contribution in [0.3, 0.4) is 0 Å². The monoisotopic (exact) mass is 321 g/mol. The van der Waals surface area contributed by atoms with Crippen LogP contribution in [0, 0.1) is 6.92 Å². The molecule has 1 heterocycles. The Labute approximate surface area is 141 Å². The molecule has 1 aromatic heterocycles. The van der Waals surface area contributed by atoms with Gasteiger partial charge in [-0.1, -0.05) is 18.2 Å². The maximum Gasteiger partial charge on any atom is 0.137 e. The molecule has 0 amide bonds. The highest BCUT2D eigenvalue weighted by atomic mass is 16.5. The van der Waals surface area contributed by atoms with Crippen LogP contribution in [0.1, 0.15) is 5.69 Å². The maximum atomic E-state index is 5.74. The topological polar surface area (TPSA) is 40.6 Å². The van der Waals surface area contributed by atoms with Crippen LogP contribution in [0.4, 0.5) is 0 Å². The zero-order chi connectivity index (χ0) is 16.6. The first-order chi connectivity index (χ1) is 11.8. The Morgan fingerprint density at radius 3 is 1.92 bits per heavy atom. The molecule has 0 fully saturated rings. The number of nitrogens with zero attached hydrogens (tertiary/aromatic N) is 1. The Morgan fingerprint density at radius 1 is 0.667 bits per heavy atom. The van der Waals surface area contributed by atoms with E-state index in [-0.39, 0.29) is 0 Å². The van der Waals surface area contributed by atoms with Gasteiger partial charge in [0.2, 0.25) is 0 Å². The fourth-order valence-corrected chi connectivity index (χ4v) is 2.09. The van der Waals surface area contributed by atoms with E-state index in [2.05, 4.69) is 4.98 Å². The molecule has 2 aromatic carbocycles. The second-order valence-electron chi connectivity index (χ2n) is 5.22. The smallest absolute Gasteiger partial charge is 0.137 e. The van der Waals surface area contributed by atoms with Gasteiger partial charge in [0, 0.05) is 5.69 Å². The minimum absolute atomic E-state index is 0.465. The number of aryl methyl sites for hydroxylation is 1. The third-order valence-corrected chi connectivity index (χ3v) is 3.31. The van der Waals surface area contributed by atoms with Crippen LogP contribution in [0.2, 0.25) is 0 Å². The highest BCUT2D eigenvalue weighted by Crippen LogP contribution is 2.23. The minimum atomic E-state index is 0.465. The summed E-state index contributed by atoms with van der Waals surface area (Å²) in [5.41, 5.74) is 0.969. The molecule has 0 saturated heterocycles. The first-order valence-electron chi connectivity index (χ1n) is 7.81. The molecule has 0 saturated carbocycles. The first kappa shape index (κ1) is 15.9. The fourth-order valence-electron chi connectivity index (χ4n) is 2.09. The highest BCUT2D eigenvalue weighted by molar-refractivity contribution is 5.35. The lowest BCUT2D eigenvalue weighted by Crippen LogP contribution is -2.09. The SMILES string of the molecule is Cc1ccc(OCCOc2ccc(Oc3ccccc3)cc2)cn1. The maximum absolute atomic E-state index is 5.74. The van der Waals surface area contributed by atoms with Gasteiger partial charge >= 0.3 is 0 Å². The number of hydrogen-bond acceptors (Lipinski definition) is 4. The number of rotatable bonds is 7. The summed E-state index contributed by atoms with van der Waals surface area (Å²) in [5.74, 6) is 3.11. The summed E-state index contributed by atoms with van der Waals surface area (Å²) < 4.78 is 17.0. The summed E-state index contributed by atoms with van der Waals surface area (Å²) in [6.07, 6.45) is 1.71. The molecule has 0 aliphatic carbocycles. The summed E-state index contributed by atoms with van der Waals surface area (Å²) >= 11 is 0. The van der Waals surface area contributed by atoms with Crippen molar-refractivity contribution in [3.63, 3.8) is 0 Å². The van der Waals surface area contributed by atoms with Gasteiger partial charge in [0.25, 0.3) is 0 Å². The summed E-state index contributed by atoms with van der Waals surface area (Å²) in [5, 5.41) is 0. The molecule has 0 atom stereocenters. The summed E-state index contributed by atoms with van der Waals surface area (Å²) in [6.45, 7) is 2.87. The van der Waals surface area contributed by atoms with E-state index in [0.717, 1.165) is 28.7 Å². The van der Waals surface area contributed by atoms with Crippen LogP contribution in [-0.4, -0.2) is 18.2 Å². The van der Waals surface area contributed by atoms with Gasteiger partial charge in [-0.05, 0) is 55.5 Å². The molecule has 4 heteroatoms. The zero-order valence-corrected chi connectivity index (χ0v) is 13.5. The van der Waals surface area contributed by atoms with E-state index in [1.165, 1.54) is 0 Å². The van der Waals surface area contributed by atoms with E-state index in [4.69, 9.17) is 14.2 Å². The Kier molecular flexibility index (Phi) is 5.30. The second kappa shape index (κ2) is 8.02. The molecule has 122 valence electrons. The molecular weight excluding hydrogens is 302 g/mol. The van der Waals surface area contributed by atoms with Crippen LogP contribution < -0.4 is 14.2 Å². The third kappa shape index (κ3) is 4.74. The van der Waals surface area contributed by atoms with Crippen molar-refractivity contribution in [2.45, 2.75) is 6.92 Å². The van der Waals surface area contributed by atoms with Crippen LogP contribution in [0.5, 0.6) is 23.0 Å². The number of aromatic nitrogens is 1. The summed E-state index contributed by atoms with van der Waals surface area (Å²) in [4.78, 5) is 4.18. The quantitative estimate of drug-likeness (QED) is 0.594. The number of para-hydroxylation sites is 1. The zero-order valence-electron chi connectivity index (χ0n) is 13.5. The largest absolute Gasteiger partial charge is 0.490 e. The van der Waals surface area contributed by atoms with Gasteiger partial charge in [0.05, 0.1) is 6.20 Å². The third-order valence-electron chi connectivity index (χ3n) is 3.31. The van der Waals surface area contributed by atoms with Crippen LogP contribution in [0.25, 0.3) is 0 Å². The van der Waals surface area contributed by atoms with Gasteiger partial charge in [-0.3, -0.25) is 4.98 Å². The van der Waals surface area contributed by atoms with Crippen molar-refractivity contribution in [2.24, 2.45) is 0 Å². The molecule has 0 radical (unpaired) electrons. The van der Waals surface area contributed by atoms with E-state index in [1.54, 1.807) is 6.20 Å². The van der Waals surface area contributed by atoms with Gasteiger partial charge in [0.1, 0.15) is 36.2 Å². The molecule has 3 aromatic rings. The molecule has 0 aliphatic heterocycles. The molecule has 0 unspecified atom stereocenters. The van der Waals surface area contributed by atoms with Gasteiger partial charge in [-0.15, -0.1) is 0 Å². The van der Waals surface area contributed by atoms with Crippen molar-refractivity contribution in [1.82, 2.24) is 4.98 Å². The van der Waals surface area contributed by atoms with E-state index in [9.17, 15) is 0 Å². The highest BCUT2D eigenvalue weighted by Gasteiger charge is 1.99. The van der Waals surface area contributed by atoms with E-state index < -0.39 is 0 Å².